The SMILES string of the molecule is CC#Cc1sc2c(c1C)c(=O)[nH]c(=O)n2CC(OC1CCOCC1)c1ccccc1OC. The number of ether oxygens (including phenoxy) is 3. The number of aryl methyl sites for hydroxylation is 1. The van der Waals surface area contributed by atoms with E-state index in [0.29, 0.717) is 29.2 Å². The normalized spacial score (nSPS) is 15.3. The Hall–Kier alpha value is -2.86. The molecule has 32 heavy (non-hydrogen) atoms. The molecule has 3 aromatic rings. The molecule has 0 radical (unpaired) electrons. The number of hydrogen-bond acceptors (Lipinski definition) is 6. The molecule has 168 valence electrons. The molecule has 4 rings (SSSR count). The fourth-order valence-corrected chi connectivity index (χ4v) is 5.25. The molecule has 0 bridgehead atoms. The van der Waals surface area contributed by atoms with Gasteiger partial charge in [-0.25, -0.2) is 4.79 Å². The van der Waals surface area contributed by atoms with E-state index in [-0.39, 0.29) is 12.6 Å². The van der Waals surface area contributed by atoms with E-state index < -0.39 is 17.4 Å². The van der Waals surface area contributed by atoms with Gasteiger partial charge in [0.05, 0.1) is 30.0 Å². The molecule has 1 atom stereocenters. The summed E-state index contributed by atoms with van der Waals surface area (Å²) in [5.74, 6) is 6.62. The lowest BCUT2D eigenvalue weighted by Gasteiger charge is -2.29. The van der Waals surface area contributed by atoms with E-state index in [1.54, 1.807) is 18.6 Å². The van der Waals surface area contributed by atoms with E-state index in [4.69, 9.17) is 14.2 Å². The lowest BCUT2D eigenvalue weighted by Crippen LogP contribution is -2.33. The first-order valence-electron chi connectivity index (χ1n) is 10.6. The van der Waals surface area contributed by atoms with Crippen molar-refractivity contribution in [2.45, 2.75) is 45.4 Å². The van der Waals surface area contributed by atoms with Crippen molar-refractivity contribution in [2.24, 2.45) is 0 Å². The third kappa shape index (κ3) is 4.37. The summed E-state index contributed by atoms with van der Waals surface area (Å²) < 4.78 is 19.1. The fraction of sp³-hybridized carbons (Fsp3) is 0.417. The van der Waals surface area contributed by atoms with Crippen molar-refractivity contribution in [3.8, 4) is 17.6 Å². The minimum absolute atomic E-state index is 0.0132. The van der Waals surface area contributed by atoms with Gasteiger partial charge in [0, 0.05) is 18.8 Å². The van der Waals surface area contributed by atoms with Crippen LogP contribution in [-0.2, 0) is 16.0 Å². The molecule has 0 saturated carbocycles. The Morgan fingerprint density at radius 2 is 2.03 bits per heavy atom. The van der Waals surface area contributed by atoms with Gasteiger partial charge in [-0.3, -0.25) is 14.3 Å². The monoisotopic (exact) mass is 454 g/mol. The van der Waals surface area contributed by atoms with Gasteiger partial charge in [0.1, 0.15) is 16.7 Å². The second kappa shape index (κ2) is 9.74. The maximum Gasteiger partial charge on any atom is 0.329 e. The largest absolute Gasteiger partial charge is 0.496 e. The van der Waals surface area contributed by atoms with Crippen LogP contribution in [-0.4, -0.2) is 36.0 Å². The van der Waals surface area contributed by atoms with Gasteiger partial charge in [0.25, 0.3) is 5.56 Å². The van der Waals surface area contributed by atoms with Gasteiger partial charge in [-0.15, -0.1) is 17.3 Å². The third-order valence-electron chi connectivity index (χ3n) is 5.66. The molecule has 7 nitrogen and oxygen atoms in total. The lowest BCUT2D eigenvalue weighted by molar-refractivity contribution is -0.0752. The zero-order chi connectivity index (χ0) is 22.7. The highest BCUT2D eigenvalue weighted by Crippen LogP contribution is 2.33. The van der Waals surface area contributed by atoms with Gasteiger partial charge in [-0.1, -0.05) is 24.1 Å². The highest BCUT2D eigenvalue weighted by atomic mass is 32.1. The van der Waals surface area contributed by atoms with E-state index in [1.165, 1.54) is 11.3 Å². The second-order valence-corrected chi connectivity index (χ2v) is 8.66. The Labute approximate surface area is 189 Å². The summed E-state index contributed by atoms with van der Waals surface area (Å²) in [5, 5.41) is 0.497. The summed E-state index contributed by atoms with van der Waals surface area (Å²) in [5.41, 5.74) is 0.789. The van der Waals surface area contributed by atoms with Crippen molar-refractivity contribution < 1.29 is 14.2 Å². The number of aromatic nitrogens is 2. The average Bonchev–Trinajstić information content (AvgIpc) is 3.13. The van der Waals surface area contributed by atoms with E-state index in [2.05, 4.69) is 16.8 Å². The molecular formula is C24H26N2O5S. The van der Waals surface area contributed by atoms with Gasteiger partial charge in [-0.05, 0) is 38.3 Å². The van der Waals surface area contributed by atoms with Crippen LogP contribution in [0.1, 0.15) is 41.9 Å². The Morgan fingerprint density at radius 1 is 1.28 bits per heavy atom. The number of rotatable bonds is 6. The van der Waals surface area contributed by atoms with Crippen molar-refractivity contribution in [3.63, 3.8) is 0 Å². The molecule has 1 fully saturated rings. The zero-order valence-electron chi connectivity index (χ0n) is 18.4. The molecule has 1 aliphatic heterocycles. The van der Waals surface area contributed by atoms with Crippen molar-refractivity contribution in [1.82, 2.24) is 9.55 Å². The van der Waals surface area contributed by atoms with Gasteiger partial charge >= 0.3 is 5.69 Å². The number of para-hydroxylation sites is 1. The number of fused-ring (bicyclic) bond motifs is 1. The summed E-state index contributed by atoms with van der Waals surface area (Å²) in [6.45, 7) is 5.15. The lowest BCUT2D eigenvalue weighted by atomic mass is 10.1. The van der Waals surface area contributed by atoms with Crippen molar-refractivity contribution in [1.29, 1.82) is 0 Å². The molecule has 0 aliphatic carbocycles. The smallest absolute Gasteiger partial charge is 0.329 e. The predicted molar refractivity (Wildman–Crippen MR) is 125 cm³/mol. The molecule has 3 heterocycles. The van der Waals surface area contributed by atoms with Crippen LogP contribution in [0.25, 0.3) is 10.2 Å². The second-order valence-electron chi connectivity index (χ2n) is 7.66. The van der Waals surface area contributed by atoms with E-state index >= 15 is 0 Å². The van der Waals surface area contributed by atoms with Crippen molar-refractivity contribution in [2.75, 3.05) is 20.3 Å². The van der Waals surface area contributed by atoms with E-state index in [1.807, 2.05) is 31.2 Å². The van der Waals surface area contributed by atoms with Crippen LogP contribution in [0.2, 0.25) is 0 Å². The number of nitrogens with one attached hydrogen (secondary N) is 1. The van der Waals surface area contributed by atoms with Crippen LogP contribution in [0, 0.1) is 18.8 Å². The summed E-state index contributed by atoms with van der Waals surface area (Å²) in [6, 6.07) is 7.65. The fourth-order valence-electron chi connectivity index (χ4n) is 4.03. The van der Waals surface area contributed by atoms with Crippen LogP contribution < -0.4 is 16.0 Å². The molecule has 0 spiro atoms. The highest BCUT2D eigenvalue weighted by Gasteiger charge is 2.26. The third-order valence-corrected chi connectivity index (χ3v) is 6.89. The number of benzene rings is 1. The number of hydrogen-bond donors (Lipinski definition) is 1. The van der Waals surface area contributed by atoms with E-state index in [0.717, 1.165) is 28.8 Å². The van der Waals surface area contributed by atoms with Crippen LogP contribution in [0.15, 0.2) is 33.9 Å². The number of H-pyrrole nitrogens is 1. The van der Waals surface area contributed by atoms with Crippen LogP contribution in [0.4, 0.5) is 0 Å². The number of methoxy groups -OCH3 is 1. The van der Waals surface area contributed by atoms with Crippen LogP contribution in [0.5, 0.6) is 5.75 Å². The average molecular weight is 455 g/mol. The highest BCUT2D eigenvalue weighted by molar-refractivity contribution is 7.19. The number of aromatic amines is 1. The topological polar surface area (TPSA) is 82.6 Å². The maximum atomic E-state index is 12.9. The minimum atomic E-state index is -0.463. The molecule has 1 N–H and O–H groups in total. The summed E-state index contributed by atoms with van der Waals surface area (Å²) >= 11 is 1.36. The molecule has 1 aromatic carbocycles. The van der Waals surface area contributed by atoms with Crippen molar-refractivity contribution >= 4 is 21.6 Å². The number of thiophene rings is 1. The minimum Gasteiger partial charge on any atom is -0.496 e. The van der Waals surface area contributed by atoms with Gasteiger partial charge < -0.3 is 14.2 Å². The number of nitrogens with zero attached hydrogens (tertiary/aromatic N) is 1. The standard InChI is InChI=1S/C24H26N2O5S/c1-4-7-20-15(2)21-22(27)25-24(28)26(23(21)32-20)14-19(31-16-10-12-30-13-11-16)17-8-5-6-9-18(17)29-3/h5-6,8-9,16,19H,10-14H2,1-3H3,(H,25,27,28). The zero-order valence-corrected chi connectivity index (χ0v) is 19.2. The quantitative estimate of drug-likeness (QED) is 0.578. The molecule has 0 amide bonds. The predicted octanol–water partition coefficient (Wildman–Crippen LogP) is 3.38. The molecule has 1 aliphatic rings. The van der Waals surface area contributed by atoms with Crippen LogP contribution in [0.3, 0.4) is 0 Å². The Bertz CT molecular complexity index is 1290. The van der Waals surface area contributed by atoms with Crippen molar-refractivity contribution in [3.05, 3.63) is 61.1 Å². The summed E-state index contributed by atoms with van der Waals surface area (Å²) in [6.07, 6.45) is 1.15. The van der Waals surface area contributed by atoms with E-state index in [9.17, 15) is 9.59 Å². The first kappa shape index (κ1) is 22.3. The summed E-state index contributed by atoms with van der Waals surface area (Å²) in [7, 11) is 1.62. The Kier molecular flexibility index (Phi) is 6.80. The van der Waals surface area contributed by atoms with Gasteiger partial charge in [0.15, 0.2) is 0 Å². The Balaban J connectivity index is 1.82. The van der Waals surface area contributed by atoms with Gasteiger partial charge in [0.2, 0.25) is 0 Å². The molecule has 2 aromatic heterocycles. The molecule has 1 unspecified atom stereocenters. The Morgan fingerprint density at radius 3 is 2.75 bits per heavy atom. The molecule has 1 saturated heterocycles. The van der Waals surface area contributed by atoms with Gasteiger partial charge in [-0.2, -0.15) is 0 Å². The maximum absolute atomic E-state index is 12.9. The first-order chi connectivity index (χ1) is 15.5. The molecule has 8 heteroatoms. The molecular weight excluding hydrogens is 428 g/mol. The first-order valence-corrected chi connectivity index (χ1v) is 11.4. The summed E-state index contributed by atoms with van der Waals surface area (Å²) in [4.78, 5) is 29.4. The van der Waals surface area contributed by atoms with Crippen LogP contribution >= 0.6 is 11.3 Å².